The standard InChI is InChI=1S/C15H12F6N2O2/c1-7-8(2)25-12(23-7)6-22-13(24)9-3-10(14(16,17)18)5-11(4-9)15(19,20)21/h3-5H,6H2,1-2H3,(H,22,24). The van der Waals surface area contributed by atoms with E-state index in [4.69, 9.17) is 4.42 Å². The molecule has 0 spiro atoms. The van der Waals surface area contributed by atoms with Gasteiger partial charge >= 0.3 is 12.4 Å². The van der Waals surface area contributed by atoms with Gasteiger partial charge in [0.05, 0.1) is 23.4 Å². The quantitative estimate of drug-likeness (QED) is 0.826. The predicted molar refractivity (Wildman–Crippen MR) is 73.6 cm³/mol. The topological polar surface area (TPSA) is 55.1 Å². The summed E-state index contributed by atoms with van der Waals surface area (Å²) in [5.74, 6) is -0.529. The van der Waals surface area contributed by atoms with Gasteiger partial charge in [0.25, 0.3) is 5.91 Å². The van der Waals surface area contributed by atoms with Crippen molar-refractivity contribution in [2.24, 2.45) is 0 Å². The number of oxazole rings is 1. The Kier molecular flexibility index (Phi) is 4.83. The number of carbonyl (C=O) groups excluding carboxylic acids is 1. The summed E-state index contributed by atoms with van der Waals surface area (Å²) in [6.07, 6.45) is -10.0. The van der Waals surface area contributed by atoms with Crippen molar-refractivity contribution in [1.82, 2.24) is 10.3 Å². The molecule has 10 heteroatoms. The van der Waals surface area contributed by atoms with Crippen LogP contribution in [0.2, 0.25) is 0 Å². The van der Waals surface area contributed by atoms with E-state index in [1.165, 1.54) is 0 Å². The summed E-state index contributed by atoms with van der Waals surface area (Å²) >= 11 is 0. The number of nitrogens with one attached hydrogen (secondary N) is 1. The first-order chi connectivity index (χ1) is 11.4. The largest absolute Gasteiger partial charge is 0.444 e. The molecule has 1 amide bonds. The van der Waals surface area contributed by atoms with Crippen LogP contribution >= 0.6 is 0 Å². The van der Waals surface area contributed by atoms with Crippen LogP contribution in [-0.4, -0.2) is 10.9 Å². The Labute approximate surface area is 137 Å². The average molecular weight is 366 g/mol. The Hall–Kier alpha value is -2.52. The fourth-order valence-electron chi connectivity index (χ4n) is 1.96. The van der Waals surface area contributed by atoms with Crippen molar-refractivity contribution >= 4 is 5.91 Å². The Morgan fingerprint density at radius 1 is 1.04 bits per heavy atom. The summed E-state index contributed by atoms with van der Waals surface area (Å²) in [7, 11) is 0. The van der Waals surface area contributed by atoms with Crippen LogP contribution in [-0.2, 0) is 18.9 Å². The van der Waals surface area contributed by atoms with Gasteiger partial charge in [-0.15, -0.1) is 0 Å². The third kappa shape index (κ3) is 4.52. The van der Waals surface area contributed by atoms with Crippen LogP contribution < -0.4 is 5.32 Å². The Bertz CT molecular complexity index is 741. The van der Waals surface area contributed by atoms with Crippen molar-refractivity contribution in [3.63, 3.8) is 0 Å². The first-order valence-electron chi connectivity index (χ1n) is 6.88. The zero-order chi connectivity index (χ0) is 19.0. The average Bonchev–Trinajstić information content (AvgIpc) is 2.81. The highest BCUT2D eigenvalue weighted by molar-refractivity contribution is 5.94. The molecule has 0 radical (unpaired) electrons. The van der Waals surface area contributed by atoms with Crippen LogP contribution in [0.15, 0.2) is 22.6 Å². The van der Waals surface area contributed by atoms with Crippen LogP contribution in [0.3, 0.4) is 0 Å². The molecule has 2 rings (SSSR count). The number of hydrogen-bond acceptors (Lipinski definition) is 3. The summed E-state index contributed by atoms with van der Waals surface area (Å²) in [6.45, 7) is 2.99. The van der Waals surface area contributed by atoms with Gasteiger partial charge in [-0.2, -0.15) is 26.3 Å². The SMILES string of the molecule is Cc1nc(CNC(=O)c2cc(C(F)(F)F)cc(C(F)(F)F)c2)oc1C. The van der Waals surface area contributed by atoms with E-state index in [-0.39, 0.29) is 18.5 Å². The van der Waals surface area contributed by atoms with E-state index in [0.29, 0.717) is 23.6 Å². The Morgan fingerprint density at radius 2 is 1.56 bits per heavy atom. The number of halogens is 6. The Morgan fingerprint density at radius 3 is 1.96 bits per heavy atom. The minimum Gasteiger partial charge on any atom is -0.444 e. The predicted octanol–water partition coefficient (Wildman–Crippen LogP) is 4.26. The number of alkyl halides is 6. The van der Waals surface area contributed by atoms with Crippen molar-refractivity contribution in [2.75, 3.05) is 0 Å². The summed E-state index contributed by atoms with van der Waals surface area (Å²) in [5.41, 5.74) is -3.32. The van der Waals surface area contributed by atoms with Gasteiger partial charge in [0.15, 0.2) is 0 Å². The summed E-state index contributed by atoms with van der Waals surface area (Å²) in [4.78, 5) is 15.9. The fourth-order valence-corrected chi connectivity index (χ4v) is 1.96. The maximum atomic E-state index is 12.8. The van der Waals surface area contributed by atoms with Gasteiger partial charge in [-0.1, -0.05) is 0 Å². The highest BCUT2D eigenvalue weighted by atomic mass is 19.4. The van der Waals surface area contributed by atoms with Gasteiger partial charge in [0.2, 0.25) is 5.89 Å². The summed E-state index contributed by atoms with van der Waals surface area (Å²) in [6, 6.07) is 0.671. The molecule has 1 aromatic carbocycles. The van der Waals surface area contributed by atoms with E-state index in [2.05, 4.69) is 10.3 Å². The highest BCUT2D eigenvalue weighted by Gasteiger charge is 2.37. The van der Waals surface area contributed by atoms with Crippen molar-refractivity contribution in [3.8, 4) is 0 Å². The van der Waals surface area contributed by atoms with Crippen molar-refractivity contribution in [2.45, 2.75) is 32.7 Å². The Balaban J connectivity index is 2.28. The molecule has 1 heterocycles. The fraction of sp³-hybridized carbons (Fsp3) is 0.333. The molecule has 25 heavy (non-hydrogen) atoms. The number of rotatable bonds is 3. The van der Waals surface area contributed by atoms with Crippen LogP contribution in [0.1, 0.15) is 38.8 Å². The van der Waals surface area contributed by atoms with Gasteiger partial charge in [0, 0.05) is 5.56 Å². The molecule has 0 unspecified atom stereocenters. The molecule has 4 nitrogen and oxygen atoms in total. The molecule has 136 valence electrons. The van der Waals surface area contributed by atoms with Crippen molar-refractivity contribution < 1.29 is 35.6 Å². The minimum absolute atomic E-state index is 0.0441. The van der Waals surface area contributed by atoms with E-state index in [9.17, 15) is 31.1 Å². The number of aromatic nitrogens is 1. The molecule has 0 saturated carbocycles. The van der Waals surface area contributed by atoms with Crippen LogP contribution in [0.4, 0.5) is 26.3 Å². The number of aryl methyl sites for hydroxylation is 2. The molecular formula is C15H12F6N2O2. The lowest BCUT2D eigenvalue weighted by atomic mass is 10.0. The number of carbonyl (C=O) groups is 1. The van der Waals surface area contributed by atoms with Crippen LogP contribution in [0, 0.1) is 13.8 Å². The highest BCUT2D eigenvalue weighted by Crippen LogP contribution is 2.36. The smallest absolute Gasteiger partial charge is 0.416 e. The lowest BCUT2D eigenvalue weighted by molar-refractivity contribution is -0.143. The van der Waals surface area contributed by atoms with Gasteiger partial charge < -0.3 is 9.73 Å². The lowest BCUT2D eigenvalue weighted by Gasteiger charge is -2.14. The maximum absolute atomic E-state index is 12.8. The number of nitrogens with zero attached hydrogens (tertiary/aromatic N) is 1. The molecule has 0 atom stereocenters. The summed E-state index contributed by atoms with van der Waals surface area (Å²) < 4.78 is 81.8. The maximum Gasteiger partial charge on any atom is 0.416 e. The molecular weight excluding hydrogens is 354 g/mol. The molecule has 0 aliphatic carbocycles. The molecule has 2 aromatic rings. The molecule has 0 saturated heterocycles. The van der Waals surface area contributed by atoms with Crippen molar-refractivity contribution in [1.29, 1.82) is 0 Å². The molecule has 0 aliphatic heterocycles. The van der Waals surface area contributed by atoms with Crippen molar-refractivity contribution in [3.05, 3.63) is 52.2 Å². The van der Waals surface area contributed by atoms with Gasteiger partial charge in [0.1, 0.15) is 5.76 Å². The normalized spacial score (nSPS) is 12.3. The van der Waals surface area contributed by atoms with E-state index in [1.54, 1.807) is 13.8 Å². The second kappa shape index (κ2) is 6.41. The zero-order valence-corrected chi connectivity index (χ0v) is 13.0. The monoisotopic (exact) mass is 366 g/mol. The zero-order valence-electron chi connectivity index (χ0n) is 13.0. The second-order valence-corrected chi connectivity index (χ2v) is 5.23. The van der Waals surface area contributed by atoms with E-state index in [0.717, 1.165) is 0 Å². The molecule has 0 aliphatic rings. The first-order valence-corrected chi connectivity index (χ1v) is 6.88. The first kappa shape index (κ1) is 18.8. The third-order valence-corrected chi connectivity index (χ3v) is 3.32. The second-order valence-electron chi connectivity index (χ2n) is 5.23. The number of amides is 1. The lowest BCUT2D eigenvalue weighted by Crippen LogP contribution is -2.24. The van der Waals surface area contributed by atoms with E-state index >= 15 is 0 Å². The number of hydrogen-bond donors (Lipinski definition) is 1. The number of benzene rings is 1. The molecule has 1 aromatic heterocycles. The van der Waals surface area contributed by atoms with Crippen LogP contribution in [0.25, 0.3) is 0 Å². The van der Waals surface area contributed by atoms with Gasteiger partial charge in [-0.05, 0) is 32.0 Å². The van der Waals surface area contributed by atoms with E-state index in [1.807, 2.05) is 0 Å². The third-order valence-electron chi connectivity index (χ3n) is 3.32. The van der Waals surface area contributed by atoms with Gasteiger partial charge in [-0.25, -0.2) is 4.98 Å². The van der Waals surface area contributed by atoms with Gasteiger partial charge in [-0.3, -0.25) is 4.79 Å². The molecule has 0 fully saturated rings. The minimum atomic E-state index is -5.02. The molecule has 0 bridgehead atoms. The van der Waals surface area contributed by atoms with Crippen LogP contribution in [0.5, 0.6) is 0 Å². The van der Waals surface area contributed by atoms with E-state index < -0.39 is 35.0 Å². The molecule has 1 N–H and O–H groups in total. The summed E-state index contributed by atoms with van der Waals surface area (Å²) in [5, 5.41) is 2.18.